The molecule has 1 aliphatic heterocycles. The third kappa shape index (κ3) is 3.28. The Morgan fingerprint density at radius 1 is 1.00 bits per heavy atom. The van der Waals surface area contributed by atoms with Crippen LogP contribution in [0.2, 0.25) is 10.0 Å². The molecule has 6 heteroatoms. The summed E-state index contributed by atoms with van der Waals surface area (Å²) in [5, 5.41) is 0.816. The zero-order chi connectivity index (χ0) is 19.1. The van der Waals surface area contributed by atoms with Crippen molar-refractivity contribution in [2.45, 2.75) is 31.6 Å². The van der Waals surface area contributed by atoms with Crippen LogP contribution < -0.4 is 4.90 Å². The lowest BCUT2D eigenvalue weighted by Gasteiger charge is -2.38. The molecule has 0 bridgehead atoms. The lowest BCUT2D eigenvalue weighted by Crippen LogP contribution is -2.40. The number of ketones is 1. The van der Waals surface area contributed by atoms with Crippen molar-refractivity contribution in [3.63, 3.8) is 0 Å². The number of carbonyl (C=O) groups is 2. The highest BCUT2D eigenvalue weighted by Crippen LogP contribution is 2.44. The number of hydrogen-bond acceptors (Lipinski definition) is 2. The average Bonchev–Trinajstić information content (AvgIpc) is 2.60. The first-order valence-electron chi connectivity index (χ1n) is 8.75. The van der Waals surface area contributed by atoms with Gasteiger partial charge in [-0.2, -0.15) is 0 Å². The molecular formula is C21H16Cl2FNO2. The van der Waals surface area contributed by atoms with E-state index in [2.05, 4.69) is 0 Å². The third-order valence-electron chi connectivity index (χ3n) is 5.06. The molecule has 1 unspecified atom stereocenters. The summed E-state index contributed by atoms with van der Waals surface area (Å²) in [6, 6.07) is 11.2. The predicted molar refractivity (Wildman–Crippen MR) is 104 cm³/mol. The Kier molecular flexibility index (Phi) is 4.79. The number of anilines is 1. The summed E-state index contributed by atoms with van der Waals surface area (Å²) >= 11 is 12.2. The van der Waals surface area contributed by atoms with Crippen LogP contribution in [0.15, 0.2) is 53.7 Å². The molecule has 4 rings (SSSR count). The van der Waals surface area contributed by atoms with Gasteiger partial charge in [-0.25, -0.2) is 4.39 Å². The van der Waals surface area contributed by atoms with Crippen LogP contribution in [0.25, 0.3) is 0 Å². The summed E-state index contributed by atoms with van der Waals surface area (Å²) in [6.07, 6.45) is 1.65. The van der Waals surface area contributed by atoms with Crippen LogP contribution in [-0.2, 0) is 9.59 Å². The lowest BCUT2D eigenvalue weighted by atomic mass is 9.77. The molecule has 1 aliphatic carbocycles. The van der Waals surface area contributed by atoms with Crippen LogP contribution in [0.3, 0.4) is 0 Å². The first kappa shape index (κ1) is 18.2. The smallest absolute Gasteiger partial charge is 0.232 e. The number of amides is 1. The van der Waals surface area contributed by atoms with Gasteiger partial charge in [0.1, 0.15) is 5.82 Å². The van der Waals surface area contributed by atoms with E-state index in [1.54, 1.807) is 36.4 Å². The van der Waals surface area contributed by atoms with Gasteiger partial charge in [-0.05, 0) is 42.7 Å². The summed E-state index contributed by atoms with van der Waals surface area (Å²) in [7, 11) is 0. The van der Waals surface area contributed by atoms with E-state index in [1.807, 2.05) is 0 Å². The second-order valence-corrected chi connectivity index (χ2v) is 7.64. The molecular weight excluding hydrogens is 388 g/mol. The van der Waals surface area contributed by atoms with Gasteiger partial charge in [-0.3, -0.25) is 14.5 Å². The third-order valence-corrected chi connectivity index (χ3v) is 5.50. The van der Waals surface area contributed by atoms with Crippen molar-refractivity contribution in [3.05, 3.63) is 75.2 Å². The van der Waals surface area contributed by atoms with Gasteiger partial charge >= 0.3 is 0 Å². The first-order valence-corrected chi connectivity index (χ1v) is 9.51. The Morgan fingerprint density at radius 3 is 2.41 bits per heavy atom. The highest BCUT2D eigenvalue weighted by Gasteiger charge is 2.40. The Morgan fingerprint density at radius 2 is 1.70 bits per heavy atom. The lowest BCUT2D eigenvalue weighted by molar-refractivity contribution is -0.119. The Bertz CT molecular complexity index is 966. The normalized spacial score (nSPS) is 20.1. The molecule has 1 amide bonds. The summed E-state index contributed by atoms with van der Waals surface area (Å²) in [5.74, 6) is -1.20. The van der Waals surface area contributed by atoms with Gasteiger partial charge in [0, 0.05) is 40.1 Å². The second-order valence-electron chi connectivity index (χ2n) is 6.77. The van der Waals surface area contributed by atoms with Crippen molar-refractivity contribution in [3.8, 4) is 0 Å². The molecule has 0 aromatic heterocycles. The van der Waals surface area contributed by atoms with Gasteiger partial charge in [0.25, 0.3) is 0 Å². The maximum Gasteiger partial charge on any atom is 0.232 e. The molecule has 0 spiro atoms. The Hall–Kier alpha value is -2.17. The zero-order valence-corrected chi connectivity index (χ0v) is 15.9. The van der Waals surface area contributed by atoms with Crippen LogP contribution in [0.5, 0.6) is 0 Å². The standard InChI is InChI=1S/C21H16Cl2FNO2/c22-12-8-13(23)10-14(9-12)25-18-6-3-7-19(26)21(18)16(11-20(25)27)15-4-1-2-5-17(15)24/h1-2,4-5,8-10,16H,3,6-7,11H2. The van der Waals surface area contributed by atoms with Crippen LogP contribution in [-0.4, -0.2) is 11.7 Å². The van der Waals surface area contributed by atoms with Crippen molar-refractivity contribution < 1.29 is 14.0 Å². The van der Waals surface area contributed by atoms with E-state index in [-0.39, 0.29) is 18.1 Å². The molecule has 2 aromatic rings. The zero-order valence-electron chi connectivity index (χ0n) is 14.3. The number of allylic oxidation sites excluding steroid dienone is 2. The number of nitrogens with zero attached hydrogens (tertiary/aromatic N) is 1. The fraction of sp³-hybridized carbons (Fsp3) is 0.238. The maximum absolute atomic E-state index is 14.4. The van der Waals surface area contributed by atoms with Gasteiger partial charge in [0.15, 0.2) is 5.78 Å². The summed E-state index contributed by atoms with van der Waals surface area (Å²) in [6.45, 7) is 0. The van der Waals surface area contributed by atoms with E-state index in [0.29, 0.717) is 51.8 Å². The number of rotatable bonds is 2. The minimum absolute atomic E-state index is 0.0235. The van der Waals surface area contributed by atoms with E-state index in [0.717, 1.165) is 0 Å². The predicted octanol–water partition coefficient (Wildman–Crippen LogP) is 5.66. The van der Waals surface area contributed by atoms with Crippen LogP contribution in [0.1, 0.15) is 37.2 Å². The number of hydrogen-bond donors (Lipinski definition) is 0. The second kappa shape index (κ2) is 7.10. The molecule has 0 N–H and O–H groups in total. The summed E-state index contributed by atoms with van der Waals surface area (Å²) < 4.78 is 14.4. The molecule has 0 saturated carbocycles. The fourth-order valence-corrected chi connectivity index (χ4v) is 4.50. The largest absolute Gasteiger partial charge is 0.294 e. The molecule has 0 saturated heterocycles. The van der Waals surface area contributed by atoms with Crippen LogP contribution in [0, 0.1) is 5.82 Å². The molecule has 1 heterocycles. The topological polar surface area (TPSA) is 37.4 Å². The molecule has 0 radical (unpaired) electrons. The van der Waals surface area contributed by atoms with E-state index in [4.69, 9.17) is 23.2 Å². The monoisotopic (exact) mass is 403 g/mol. The minimum Gasteiger partial charge on any atom is -0.294 e. The highest BCUT2D eigenvalue weighted by molar-refractivity contribution is 6.35. The molecule has 1 atom stereocenters. The summed E-state index contributed by atoms with van der Waals surface area (Å²) in [4.78, 5) is 27.3. The Balaban J connectivity index is 1.90. The van der Waals surface area contributed by atoms with E-state index in [9.17, 15) is 14.0 Å². The van der Waals surface area contributed by atoms with Gasteiger partial charge in [-0.15, -0.1) is 0 Å². The van der Waals surface area contributed by atoms with Crippen LogP contribution in [0.4, 0.5) is 10.1 Å². The minimum atomic E-state index is -0.563. The maximum atomic E-state index is 14.4. The number of benzene rings is 2. The van der Waals surface area contributed by atoms with Crippen molar-refractivity contribution in [1.82, 2.24) is 0 Å². The van der Waals surface area contributed by atoms with Gasteiger partial charge in [0.05, 0.1) is 5.69 Å². The SMILES string of the molecule is O=C1CCCC2=C1C(c1ccccc1F)CC(=O)N2c1cc(Cl)cc(Cl)c1. The van der Waals surface area contributed by atoms with E-state index < -0.39 is 11.7 Å². The quantitative estimate of drug-likeness (QED) is 0.648. The van der Waals surface area contributed by atoms with E-state index in [1.165, 1.54) is 11.0 Å². The van der Waals surface area contributed by atoms with Crippen molar-refractivity contribution in [2.75, 3.05) is 4.90 Å². The Labute approximate surface area is 166 Å². The summed E-state index contributed by atoms with van der Waals surface area (Å²) in [5.41, 5.74) is 2.08. The molecule has 2 aromatic carbocycles. The van der Waals surface area contributed by atoms with Crippen molar-refractivity contribution in [1.29, 1.82) is 0 Å². The van der Waals surface area contributed by atoms with Gasteiger partial charge in [0.2, 0.25) is 5.91 Å². The fourth-order valence-electron chi connectivity index (χ4n) is 3.98. The van der Waals surface area contributed by atoms with E-state index >= 15 is 0 Å². The van der Waals surface area contributed by atoms with Crippen LogP contribution >= 0.6 is 23.2 Å². The molecule has 0 fully saturated rings. The van der Waals surface area contributed by atoms with Gasteiger partial charge < -0.3 is 0 Å². The number of Topliss-reactive ketones (excluding diaryl/α,β-unsaturated/α-hetero) is 1. The van der Waals surface area contributed by atoms with Crippen molar-refractivity contribution >= 4 is 40.6 Å². The first-order chi connectivity index (χ1) is 13.0. The molecule has 27 heavy (non-hydrogen) atoms. The van der Waals surface area contributed by atoms with Gasteiger partial charge in [-0.1, -0.05) is 41.4 Å². The molecule has 2 aliphatic rings. The number of halogens is 3. The van der Waals surface area contributed by atoms with Crippen molar-refractivity contribution in [2.24, 2.45) is 0 Å². The average molecular weight is 404 g/mol. The highest BCUT2D eigenvalue weighted by atomic mass is 35.5. The number of carbonyl (C=O) groups excluding carboxylic acids is 2. The molecule has 138 valence electrons. The molecule has 3 nitrogen and oxygen atoms in total.